The number of fused-ring (bicyclic) bond motifs is 1. The molecule has 0 aliphatic rings. The number of rotatable bonds is 3. The van der Waals surface area contributed by atoms with Gasteiger partial charge in [0.25, 0.3) is 5.69 Å². The molecule has 0 aliphatic heterocycles. The summed E-state index contributed by atoms with van der Waals surface area (Å²) in [5, 5.41) is 18.6. The lowest BCUT2D eigenvalue weighted by Crippen LogP contribution is -1.95. The maximum Gasteiger partial charge on any atom is 0.269 e. The van der Waals surface area contributed by atoms with Crippen LogP contribution in [0.1, 0.15) is 11.3 Å². The molecule has 1 aromatic carbocycles. The first-order valence-corrected chi connectivity index (χ1v) is 5.96. The second-order valence-corrected chi connectivity index (χ2v) is 4.39. The Morgan fingerprint density at radius 2 is 2.20 bits per heavy atom. The van der Waals surface area contributed by atoms with Crippen molar-refractivity contribution in [2.75, 3.05) is 5.73 Å². The van der Waals surface area contributed by atoms with E-state index in [1.54, 1.807) is 18.3 Å². The standard InChI is InChI=1S/C13H11N5O2/c14-13-12-10(4-5-15-13)16-17-11(12)7-8-2-1-3-9(6-8)18(19)20/h1-6H,7H2,(H2,14,15)(H,16,17). The van der Waals surface area contributed by atoms with E-state index in [2.05, 4.69) is 15.2 Å². The van der Waals surface area contributed by atoms with Gasteiger partial charge in [-0.2, -0.15) is 5.10 Å². The van der Waals surface area contributed by atoms with Gasteiger partial charge in [0, 0.05) is 24.8 Å². The van der Waals surface area contributed by atoms with E-state index in [0.29, 0.717) is 12.2 Å². The number of H-pyrrole nitrogens is 1. The number of aromatic amines is 1. The average molecular weight is 269 g/mol. The molecule has 2 heterocycles. The summed E-state index contributed by atoms with van der Waals surface area (Å²) in [5.41, 5.74) is 8.25. The molecule has 20 heavy (non-hydrogen) atoms. The third-order valence-electron chi connectivity index (χ3n) is 3.07. The van der Waals surface area contributed by atoms with Crippen molar-refractivity contribution in [3.05, 3.63) is 57.9 Å². The Labute approximate surface area is 113 Å². The second kappa shape index (κ2) is 4.61. The molecule has 0 saturated carbocycles. The van der Waals surface area contributed by atoms with E-state index in [-0.39, 0.29) is 5.69 Å². The highest BCUT2D eigenvalue weighted by Gasteiger charge is 2.12. The smallest absolute Gasteiger partial charge is 0.269 e. The predicted molar refractivity (Wildman–Crippen MR) is 74.2 cm³/mol. The first-order valence-electron chi connectivity index (χ1n) is 5.96. The normalized spacial score (nSPS) is 10.8. The Morgan fingerprint density at radius 1 is 1.35 bits per heavy atom. The number of anilines is 1. The highest BCUT2D eigenvalue weighted by molar-refractivity contribution is 5.90. The number of aromatic nitrogens is 3. The van der Waals surface area contributed by atoms with E-state index in [1.165, 1.54) is 12.1 Å². The Balaban J connectivity index is 2.01. The maximum absolute atomic E-state index is 10.8. The van der Waals surface area contributed by atoms with E-state index in [0.717, 1.165) is 22.2 Å². The van der Waals surface area contributed by atoms with Crippen molar-refractivity contribution in [2.45, 2.75) is 6.42 Å². The molecule has 2 aromatic heterocycles. The van der Waals surface area contributed by atoms with E-state index >= 15 is 0 Å². The number of nitrogen functional groups attached to an aromatic ring is 1. The number of nitrogens with zero attached hydrogens (tertiary/aromatic N) is 3. The van der Waals surface area contributed by atoms with Crippen LogP contribution in [0.5, 0.6) is 0 Å². The zero-order valence-corrected chi connectivity index (χ0v) is 10.4. The Bertz CT molecular complexity index is 796. The Kier molecular flexibility index (Phi) is 2.79. The van der Waals surface area contributed by atoms with E-state index < -0.39 is 4.92 Å². The summed E-state index contributed by atoms with van der Waals surface area (Å²) in [6.07, 6.45) is 2.06. The van der Waals surface area contributed by atoms with Gasteiger partial charge in [-0.1, -0.05) is 12.1 Å². The third-order valence-corrected chi connectivity index (χ3v) is 3.07. The molecule has 3 N–H and O–H groups in total. The summed E-state index contributed by atoms with van der Waals surface area (Å²) in [4.78, 5) is 14.4. The lowest BCUT2D eigenvalue weighted by molar-refractivity contribution is -0.384. The molecule has 3 aromatic rings. The zero-order valence-electron chi connectivity index (χ0n) is 10.4. The number of non-ortho nitro benzene ring substituents is 1. The van der Waals surface area contributed by atoms with Gasteiger partial charge >= 0.3 is 0 Å². The van der Waals surface area contributed by atoms with Crippen molar-refractivity contribution >= 4 is 22.4 Å². The van der Waals surface area contributed by atoms with Gasteiger partial charge in [0.2, 0.25) is 0 Å². The van der Waals surface area contributed by atoms with Crippen LogP contribution in [0.25, 0.3) is 10.9 Å². The number of benzene rings is 1. The molecule has 3 rings (SSSR count). The molecule has 0 amide bonds. The fraction of sp³-hybridized carbons (Fsp3) is 0.0769. The van der Waals surface area contributed by atoms with Gasteiger partial charge in [-0.05, 0) is 11.6 Å². The molecule has 0 aliphatic carbocycles. The molecule has 0 radical (unpaired) electrons. The summed E-state index contributed by atoms with van der Waals surface area (Å²) in [5.74, 6) is 0.400. The largest absolute Gasteiger partial charge is 0.383 e. The number of hydrogen-bond donors (Lipinski definition) is 2. The second-order valence-electron chi connectivity index (χ2n) is 4.39. The molecular formula is C13H11N5O2. The van der Waals surface area contributed by atoms with Crippen molar-refractivity contribution in [2.24, 2.45) is 0 Å². The fourth-order valence-electron chi connectivity index (χ4n) is 2.16. The molecule has 0 fully saturated rings. The number of nitro benzene ring substituents is 1. The van der Waals surface area contributed by atoms with Gasteiger partial charge in [0.1, 0.15) is 5.82 Å². The van der Waals surface area contributed by atoms with Crippen LogP contribution >= 0.6 is 0 Å². The van der Waals surface area contributed by atoms with Gasteiger partial charge in [-0.15, -0.1) is 0 Å². The monoisotopic (exact) mass is 269 g/mol. The van der Waals surface area contributed by atoms with E-state index in [4.69, 9.17) is 5.73 Å². The van der Waals surface area contributed by atoms with Gasteiger partial charge in [0.05, 0.1) is 21.5 Å². The van der Waals surface area contributed by atoms with Crippen LogP contribution < -0.4 is 5.73 Å². The molecule has 0 spiro atoms. The number of nitrogens with two attached hydrogens (primary N) is 1. The van der Waals surface area contributed by atoms with Crippen molar-refractivity contribution < 1.29 is 4.92 Å². The first-order chi connectivity index (χ1) is 9.65. The highest BCUT2D eigenvalue weighted by atomic mass is 16.6. The quantitative estimate of drug-likeness (QED) is 0.558. The van der Waals surface area contributed by atoms with Crippen LogP contribution in [0.3, 0.4) is 0 Å². The van der Waals surface area contributed by atoms with Crippen molar-refractivity contribution in [1.82, 2.24) is 15.2 Å². The minimum atomic E-state index is -0.415. The van der Waals surface area contributed by atoms with Gasteiger partial charge in [-0.3, -0.25) is 15.2 Å². The third kappa shape index (κ3) is 2.05. The SMILES string of the molecule is Nc1nccc2[nH]nc(Cc3cccc([N+](=O)[O-])c3)c12. The zero-order chi connectivity index (χ0) is 14.1. The van der Waals surface area contributed by atoms with Crippen LogP contribution in [0.4, 0.5) is 11.5 Å². The van der Waals surface area contributed by atoms with Crippen LogP contribution in [-0.2, 0) is 6.42 Å². The minimum absolute atomic E-state index is 0.0634. The molecular weight excluding hydrogens is 258 g/mol. The molecule has 0 atom stereocenters. The average Bonchev–Trinajstić information content (AvgIpc) is 2.84. The molecule has 7 heteroatoms. The summed E-state index contributed by atoms with van der Waals surface area (Å²) in [6.45, 7) is 0. The van der Waals surface area contributed by atoms with Crippen LogP contribution in [0.15, 0.2) is 36.5 Å². The summed E-state index contributed by atoms with van der Waals surface area (Å²) in [6, 6.07) is 8.26. The van der Waals surface area contributed by atoms with Gasteiger partial charge in [0.15, 0.2) is 0 Å². The molecule has 0 unspecified atom stereocenters. The van der Waals surface area contributed by atoms with E-state index in [1.807, 2.05) is 6.07 Å². The Morgan fingerprint density at radius 3 is 3.00 bits per heavy atom. The molecule has 7 nitrogen and oxygen atoms in total. The van der Waals surface area contributed by atoms with Crippen molar-refractivity contribution in [1.29, 1.82) is 0 Å². The topological polar surface area (TPSA) is 111 Å². The number of hydrogen-bond acceptors (Lipinski definition) is 5. The maximum atomic E-state index is 10.8. The predicted octanol–water partition coefficient (Wildman–Crippen LogP) is 2.04. The van der Waals surface area contributed by atoms with Gasteiger partial charge in [-0.25, -0.2) is 4.98 Å². The lowest BCUT2D eigenvalue weighted by Gasteiger charge is -2.00. The molecule has 100 valence electrons. The number of nitrogens with one attached hydrogen (secondary N) is 1. The van der Waals surface area contributed by atoms with Gasteiger partial charge < -0.3 is 5.73 Å². The highest BCUT2D eigenvalue weighted by Crippen LogP contribution is 2.23. The molecule has 0 bridgehead atoms. The van der Waals surface area contributed by atoms with E-state index in [9.17, 15) is 10.1 Å². The van der Waals surface area contributed by atoms with Crippen LogP contribution in [0.2, 0.25) is 0 Å². The van der Waals surface area contributed by atoms with Crippen LogP contribution in [0, 0.1) is 10.1 Å². The van der Waals surface area contributed by atoms with Crippen LogP contribution in [-0.4, -0.2) is 20.1 Å². The first kappa shape index (κ1) is 12.1. The number of pyridine rings is 1. The summed E-state index contributed by atoms with van der Waals surface area (Å²) >= 11 is 0. The fourth-order valence-corrected chi connectivity index (χ4v) is 2.16. The summed E-state index contributed by atoms with van der Waals surface area (Å²) in [7, 11) is 0. The summed E-state index contributed by atoms with van der Waals surface area (Å²) < 4.78 is 0. The molecule has 0 saturated heterocycles. The van der Waals surface area contributed by atoms with Crippen molar-refractivity contribution in [3.63, 3.8) is 0 Å². The van der Waals surface area contributed by atoms with Crippen molar-refractivity contribution in [3.8, 4) is 0 Å². The minimum Gasteiger partial charge on any atom is -0.383 e. The Hall–Kier alpha value is -2.96. The number of nitro groups is 1. The lowest BCUT2D eigenvalue weighted by atomic mass is 10.1.